The Morgan fingerprint density at radius 1 is 1.67 bits per heavy atom. The molecule has 0 bridgehead atoms. The summed E-state index contributed by atoms with van der Waals surface area (Å²) in [6, 6.07) is 0.918. The van der Waals surface area contributed by atoms with Crippen molar-refractivity contribution in [1.29, 1.82) is 0 Å². The lowest BCUT2D eigenvalue weighted by Crippen LogP contribution is -2.45. The molecule has 3 atom stereocenters. The van der Waals surface area contributed by atoms with Crippen LogP contribution in [-0.2, 0) is 15.5 Å². The van der Waals surface area contributed by atoms with E-state index in [-0.39, 0.29) is 0 Å². The quantitative estimate of drug-likeness (QED) is 0.664. The highest BCUT2D eigenvalue weighted by Crippen LogP contribution is 2.02. The normalized spacial score (nSPS) is 26.1. The molecule has 0 saturated carbocycles. The van der Waals surface area contributed by atoms with Gasteiger partial charge >= 0.3 is 0 Å². The fourth-order valence-corrected chi connectivity index (χ4v) is 2.14. The number of hydrogen-bond donors (Lipinski definition) is 2. The van der Waals surface area contributed by atoms with Crippen molar-refractivity contribution >= 4 is 10.8 Å². The molecule has 0 radical (unpaired) electrons. The molecule has 0 amide bonds. The maximum Gasteiger partial charge on any atom is 0.0620 e. The van der Waals surface area contributed by atoms with Crippen molar-refractivity contribution in [3.05, 3.63) is 0 Å². The summed E-state index contributed by atoms with van der Waals surface area (Å²) in [5.41, 5.74) is 0. The fourth-order valence-electron chi connectivity index (χ4n) is 1.73. The molecule has 3 unspecified atom stereocenters. The average Bonchev–Trinajstić information content (AvgIpc) is 2.18. The van der Waals surface area contributed by atoms with Gasteiger partial charge in [0, 0.05) is 48.0 Å². The Hall–Kier alpha value is 0.0300. The van der Waals surface area contributed by atoms with E-state index in [9.17, 15) is 4.21 Å². The van der Waals surface area contributed by atoms with Gasteiger partial charge in [0.05, 0.1) is 13.2 Å². The third-order valence-electron chi connectivity index (χ3n) is 2.52. The summed E-state index contributed by atoms with van der Waals surface area (Å²) in [6.07, 6.45) is 2.80. The molecule has 1 aliphatic rings. The molecule has 1 saturated heterocycles. The number of hydrogen-bond acceptors (Lipinski definition) is 4. The zero-order chi connectivity index (χ0) is 11.1. The van der Waals surface area contributed by atoms with Gasteiger partial charge in [0.1, 0.15) is 0 Å². The van der Waals surface area contributed by atoms with Crippen LogP contribution in [0.15, 0.2) is 0 Å². The summed E-state index contributed by atoms with van der Waals surface area (Å²) in [4.78, 5) is 0. The molecule has 0 aromatic rings. The predicted molar refractivity (Wildman–Crippen MR) is 63.6 cm³/mol. The highest BCUT2D eigenvalue weighted by molar-refractivity contribution is 7.84. The predicted octanol–water partition coefficient (Wildman–Crippen LogP) is -0.278. The first-order valence-corrected chi connectivity index (χ1v) is 7.25. The summed E-state index contributed by atoms with van der Waals surface area (Å²) in [6.45, 7) is 5.59. The van der Waals surface area contributed by atoms with Crippen molar-refractivity contribution in [3.63, 3.8) is 0 Å². The van der Waals surface area contributed by atoms with Crippen molar-refractivity contribution in [2.75, 3.05) is 38.3 Å². The molecule has 0 aromatic carbocycles. The number of rotatable bonds is 6. The Balaban J connectivity index is 2.06. The third-order valence-corrected chi connectivity index (χ3v) is 3.30. The Morgan fingerprint density at radius 2 is 2.47 bits per heavy atom. The van der Waals surface area contributed by atoms with Crippen LogP contribution >= 0.6 is 0 Å². The smallest absolute Gasteiger partial charge is 0.0620 e. The van der Waals surface area contributed by atoms with E-state index in [0.717, 1.165) is 38.5 Å². The SMILES string of the molecule is CC(CC1COCCN1)NCCS(C)=O. The van der Waals surface area contributed by atoms with Crippen molar-refractivity contribution in [2.45, 2.75) is 25.4 Å². The standard InChI is InChI=1S/C10H22N2O2S/c1-9(11-4-6-15(2)13)7-10-8-14-5-3-12-10/h9-12H,3-8H2,1-2H3. The van der Waals surface area contributed by atoms with Crippen LogP contribution in [0.4, 0.5) is 0 Å². The second-order valence-electron chi connectivity index (χ2n) is 4.09. The molecular formula is C10H22N2O2S. The molecule has 0 spiro atoms. The minimum absolute atomic E-state index is 0.452. The number of ether oxygens (including phenoxy) is 1. The number of morpholine rings is 1. The van der Waals surface area contributed by atoms with Crippen molar-refractivity contribution in [3.8, 4) is 0 Å². The van der Waals surface area contributed by atoms with Crippen LogP contribution in [0.1, 0.15) is 13.3 Å². The molecule has 0 aliphatic carbocycles. The molecule has 4 nitrogen and oxygen atoms in total. The zero-order valence-electron chi connectivity index (χ0n) is 9.62. The van der Waals surface area contributed by atoms with E-state index in [1.54, 1.807) is 6.26 Å². The minimum Gasteiger partial charge on any atom is -0.379 e. The van der Waals surface area contributed by atoms with Crippen LogP contribution in [0.2, 0.25) is 0 Å². The monoisotopic (exact) mass is 234 g/mol. The van der Waals surface area contributed by atoms with E-state index < -0.39 is 10.8 Å². The van der Waals surface area contributed by atoms with Gasteiger partial charge in [-0.1, -0.05) is 0 Å². The van der Waals surface area contributed by atoms with Gasteiger partial charge in [0.15, 0.2) is 0 Å². The molecule has 0 aromatic heterocycles. The van der Waals surface area contributed by atoms with Gasteiger partial charge in [-0.3, -0.25) is 4.21 Å². The molecule has 1 aliphatic heterocycles. The van der Waals surface area contributed by atoms with Gasteiger partial charge in [-0.05, 0) is 13.3 Å². The van der Waals surface area contributed by atoms with Gasteiger partial charge in [-0.15, -0.1) is 0 Å². The van der Waals surface area contributed by atoms with Crippen LogP contribution < -0.4 is 10.6 Å². The molecule has 15 heavy (non-hydrogen) atoms. The van der Waals surface area contributed by atoms with Crippen LogP contribution in [0.5, 0.6) is 0 Å². The van der Waals surface area contributed by atoms with Crippen molar-refractivity contribution in [1.82, 2.24) is 10.6 Å². The topological polar surface area (TPSA) is 50.4 Å². The molecule has 1 rings (SSSR count). The zero-order valence-corrected chi connectivity index (χ0v) is 10.4. The Labute approximate surface area is 94.6 Å². The average molecular weight is 234 g/mol. The lowest BCUT2D eigenvalue weighted by atomic mass is 10.1. The fraction of sp³-hybridized carbons (Fsp3) is 1.00. The summed E-state index contributed by atoms with van der Waals surface area (Å²) < 4.78 is 16.2. The van der Waals surface area contributed by atoms with E-state index in [1.165, 1.54) is 0 Å². The summed E-state index contributed by atoms with van der Waals surface area (Å²) in [5, 5.41) is 6.80. The van der Waals surface area contributed by atoms with E-state index in [1.807, 2.05) is 0 Å². The molecule has 1 fully saturated rings. The summed E-state index contributed by atoms with van der Waals surface area (Å²) in [5.74, 6) is 0.735. The molecule has 90 valence electrons. The number of nitrogens with one attached hydrogen (secondary N) is 2. The second-order valence-corrected chi connectivity index (χ2v) is 5.65. The van der Waals surface area contributed by atoms with Gasteiger partial charge in [-0.2, -0.15) is 0 Å². The van der Waals surface area contributed by atoms with Gasteiger partial charge in [-0.25, -0.2) is 0 Å². The second kappa shape index (κ2) is 7.33. The van der Waals surface area contributed by atoms with Gasteiger partial charge < -0.3 is 15.4 Å². The van der Waals surface area contributed by atoms with E-state index >= 15 is 0 Å². The van der Waals surface area contributed by atoms with Crippen molar-refractivity contribution in [2.24, 2.45) is 0 Å². The lowest BCUT2D eigenvalue weighted by Gasteiger charge is -2.26. The largest absolute Gasteiger partial charge is 0.379 e. The van der Waals surface area contributed by atoms with Gasteiger partial charge in [0.2, 0.25) is 0 Å². The van der Waals surface area contributed by atoms with E-state index in [2.05, 4.69) is 17.6 Å². The Bertz CT molecular complexity index is 196. The third kappa shape index (κ3) is 6.25. The van der Waals surface area contributed by atoms with Crippen LogP contribution in [0.25, 0.3) is 0 Å². The summed E-state index contributed by atoms with van der Waals surface area (Å²) in [7, 11) is -0.692. The maximum atomic E-state index is 10.9. The molecule has 5 heteroatoms. The van der Waals surface area contributed by atoms with Crippen LogP contribution in [0.3, 0.4) is 0 Å². The maximum absolute atomic E-state index is 10.9. The van der Waals surface area contributed by atoms with Crippen molar-refractivity contribution < 1.29 is 8.95 Å². The Kier molecular flexibility index (Phi) is 6.40. The highest BCUT2D eigenvalue weighted by Gasteiger charge is 2.15. The Morgan fingerprint density at radius 3 is 3.07 bits per heavy atom. The minimum atomic E-state index is -0.692. The van der Waals surface area contributed by atoms with E-state index in [4.69, 9.17) is 4.74 Å². The molecule has 1 heterocycles. The molecular weight excluding hydrogens is 212 g/mol. The first kappa shape index (κ1) is 13.1. The van der Waals surface area contributed by atoms with Crippen LogP contribution in [-0.4, -0.2) is 54.6 Å². The summed E-state index contributed by atoms with van der Waals surface area (Å²) >= 11 is 0. The van der Waals surface area contributed by atoms with Gasteiger partial charge in [0.25, 0.3) is 0 Å². The molecule has 2 N–H and O–H groups in total. The first-order chi connectivity index (χ1) is 7.18. The highest BCUT2D eigenvalue weighted by atomic mass is 32.2. The first-order valence-electron chi connectivity index (χ1n) is 5.53. The lowest BCUT2D eigenvalue weighted by molar-refractivity contribution is 0.0713. The van der Waals surface area contributed by atoms with Crippen LogP contribution in [0, 0.1) is 0 Å². The van der Waals surface area contributed by atoms with E-state index in [0.29, 0.717) is 12.1 Å².